The van der Waals surface area contributed by atoms with Gasteiger partial charge in [0.1, 0.15) is 11.5 Å². The molecule has 2 aromatic carbocycles. The lowest BCUT2D eigenvalue weighted by Crippen LogP contribution is -2.01. The van der Waals surface area contributed by atoms with E-state index in [-0.39, 0.29) is 12.1 Å². The van der Waals surface area contributed by atoms with Gasteiger partial charge in [-0.05, 0) is 23.3 Å². The summed E-state index contributed by atoms with van der Waals surface area (Å²) in [4.78, 5) is 0. The minimum Gasteiger partial charge on any atom is -0.457 e. The monoisotopic (exact) mass is 184 g/mol. The average Bonchev–Trinajstić information content (AvgIpc) is 2.32. The lowest BCUT2D eigenvalue weighted by atomic mass is 10.0. The van der Waals surface area contributed by atoms with Crippen LogP contribution in [-0.2, 0) is 6.42 Å². The Hall–Kier alpha value is -1.76. The quantitative estimate of drug-likeness (QED) is 0.520. The van der Waals surface area contributed by atoms with E-state index in [2.05, 4.69) is 0 Å². The van der Waals surface area contributed by atoms with Gasteiger partial charge in [0.05, 0.1) is 2.74 Å². The molecule has 1 heterocycles. The van der Waals surface area contributed by atoms with E-state index < -0.39 is 0 Å². The van der Waals surface area contributed by atoms with Crippen molar-refractivity contribution in [3.63, 3.8) is 0 Å². The first kappa shape index (κ1) is 5.86. The van der Waals surface area contributed by atoms with Crippen molar-refractivity contribution >= 4 is 0 Å². The predicted molar refractivity (Wildman–Crippen MR) is 55.8 cm³/mol. The molecule has 14 heavy (non-hydrogen) atoms. The van der Waals surface area contributed by atoms with Gasteiger partial charge in [0, 0.05) is 6.42 Å². The third-order valence-electron chi connectivity index (χ3n) is 2.40. The highest BCUT2D eigenvalue weighted by atomic mass is 16.5. The SMILES string of the molecule is [2H]c1ccc2c(c1[2H])Cc1ccccc1O2. The topological polar surface area (TPSA) is 9.23 Å². The summed E-state index contributed by atoms with van der Waals surface area (Å²) in [6.45, 7) is 0. The predicted octanol–water partition coefficient (Wildman–Crippen LogP) is 3.38. The van der Waals surface area contributed by atoms with Crippen LogP contribution in [0.15, 0.2) is 48.5 Å². The Kier molecular flexibility index (Phi) is 1.20. The molecule has 0 fully saturated rings. The van der Waals surface area contributed by atoms with Gasteiger partial charge >= 0.3 is 0 Å². The first-order valence-electron chi connectivity index (χ1n) is 5.60. The van der Waals surface area contributed by atoms with Crippen LogP contribution in [0, 0.1) is 0 Å². The molecular weight excluding hydrogens is 172 g/mol. The highest BCUT2D eigenvalue weighted by Gasteiger charge is 2.14. The van der Waals surface area contributed by atoms with Crippen molar-refractivity contribution in [2.45, 2.75) is 6.42 Å². The van der Waals surface area contributed by atoms with Gasteiger partial charge in [-0.1, -0.05) is 36.4 Å². The van der Waals surface area contributed by atoms with Gasteiger partial charge in [-0.25, -0.2) is 0 Å². The van der Waals surface area contributed by atoms with Crippen molar-refractivity contribution < 1.29 is 7.48 Å². The zero-order valence-electron chi connectivity index (χ0n) is 9.58. The summed E-state index contributed by atoms with van der Waals surface area (Å²) in [6, 6.07) is 11.7. The van der Waals surface area contributed by atoms with Crippen LogP contribution >= 0.6 is 0 Å². The van der Waals surface area contributed by atoms with Crippen molar-refractivity contribution in [2.24, 2.45) is 0 Å². The van der Waals surface area contributed by atoms with E-state index in [0.717, 1.165) is 16.9 Å². The van der Waals surface area contributed by atoms with Gasteiger partial charge in [-0.2, -0.15) is 0 Å². The first-order valence-corrected chi connectivity index (χ1v) is 4.60. The molecule has 2 aromatic rings. The van der Waals surface area contributed by atoms with Crippen LogP contribution in [0.1, 0.15) is 13.9 Å². The Bertz CT molecular complexity index is 564. The number of hydrogen-bond acceptors (Lipinski definition) is 1. The van der Waals surface area contributed by atoms with Crippen molar-refractivity contribution in [1.29, 1.82) is 0 Å². The van der Waals surface area contributed by atoms with Gasteiger partial charge in [0.15, 0.2) is 0 Å². The standard InChI is InChI=1S/C13H10O/c1-3-7-12-10(5-1)9-11-6-2-4-8-13(11)14-12/h1-8H,9H2/i1D,5D. The highest BCUT2D eigenvalue weighted by molar-refractivity contribution is 5.49. The van der Waals surface area contributed by atoms with Crippen LogP contribution in [0.3, 0.4) is 0 Å². The fourth-order valence-electron chi connectivity index (χ4n) is 1.69. The molecule has 0 bridgehead atoms. The van der Waals surface area contributed by atoms with Crippen molar-refractivity contribution in [1.82, 2.24) is 0 Å². The largest absolute Gasteiger partial charge is 0.457 e. The van der Waals surface area contributed by atoms with Gasteiger partial charge < -0.3 is 4.74 Å². The normalized spacial score (nSPS) is 14.6. The van der Waals surface area contributed by atoms with E-state index in [4.69, 9.17) is 7.48 Å². The summed E-state index contributed by atoms with van der Waals surface area (Å²) >= 11 is 0. The summed E-state index contributed by atoms with van der Waals surface area (Å²) in [5.41, 5.74) is 1.89. The van der Waals surface area contributed by atoms with E-state index in [0.29, 0.717) is 12.2 Å². The van der Waals surface area contributed by atoms with Gasteiger partial charge in [-0.3, -0.25) is 0 Å². The van der Waals surface area contributed by atoms with E-state index in [1.54, 1.807) is 12.1 Å². The third-order valence-corrected chi connectivity index (χ3v) is 2.40. The van der Waals surface area contributed by atoms with E-state index >= 15 is 0 Å². The van der Waals surface area contributed by atoms with E-state index in [9.17, 15) is 0 Å². The summed E-state index contributed by atoms with van der Waals surface area (Å²) in [5.74, 6) is 1.56. The molecule has 0 saturated carbocycles. The average molecular weight is 184 g/mol. The van der Waals surface area contributed by atoms with Gasteiger partial charge in [0.25, 0.3) is 0 Å². The minimum atomic E-state index is 0.252. The Morgan fingerprint density at radius 1 is 1.00 bits per heavy atom. The molecule has 68 valence electrons. The van der Waals surface area contributed by atoms with Crippen LogP contribution in [0.2, 0.25) is 0 Å². The maximum Gasteiger partial charge on any atom is 0.130 e. The van der Waals surface area contributed by atoms with Crippen molar-refractivity contribution in [3.05, 3.63) is 59.6 Å². The molecular formula is C13H10O. The zero-order chi connectivity index (χ0) is 11.1. The highest BCUT2D eigenvalue weighted by Crippen LogP contribution is 2.35. The molecule has 1 heteroatoms. The van der Waals surface area contributed by atoms with Crippen LogP contribution in [0.4, 0.5) is 0 Å². The fourth-order valence-corrected chi connectivity index (χ4v) is 1.69. The summed E-state index contributed by atoms with van der Waals surface area (Å²) in [7, 11) is 0. The Morgan fingerprint density at radius 3 is 2.79 bits per heavy atom. The molecule has 0 atom stereocenters. The molecule has 0 aromatic heterocycles. The fraction of sp³-hybridized carbons (Fsp3) is 0.0769. The van der Waals surface area contributed by atoms with E-state index in [1.807, 2.05) is 24.3 Å². The first-order chi connectivity index (χ1) is 7.75. The van der Waals surface area contributed by atoms with Crippen LogP contribution in [0.25, 0.3) is 0 Å². The molecule has 1 aliphatic heterocycles. The molecule has 0 spiro atoms. The van der Waals surface area contributed by atoms with Crippen molar-refractivity contribution in [2.75, 3.05) is 0 Å². The van der Waals surface area contributed by atoms with Crippen LogP contribution < -0.4 is 4.74 Å². The van der Waals surface area contributed by atoms with E-state index in [1.165, 1.54) is 0 Å². The van der Waals surface area contributed by atoms with Gasteiger partial charge in [0.2, 0.25) is 0 Å². The summed E-state index contributed by atoms with van der Waals surface area (Å²) in [5, 5.41) is 0. The smallest absolute Gasteiger partial charge is 0.130 e. The number of para-hydroxylation sites is 2. The Balaban J connectivity index is 2.16. The number of rotatable bonds is 0. The summed E-state index contributed by atoms with van der Waals surface area (Å²) in [6.07, 6.45) is 0.678. The number of ether oxygens (including phenoxy) is 1. The Labute approximate surface area is 85.8 Å². The molecule has 1 aliphatic rings. The maximum absolute atomic E-state index is 7.85. The summed E-state index contributed by atoms with van der Waals surface area (Å²) < 4.78 is 21.2. The van der Waals surface area contributed by atoms with Crippen LogP contribution in [0.5, 0.6) is 11.5 Å². The number of benzene rings is 2. The molecule has 3 rings (SSSR count). The molecule has 0 aliphatic carbocycles. The second kappa shape index (κ2) is 2.88. The number of fused-ring (bicyclic) bond motifs is 2. The molecule has 0 unspecified atom stereocenters. The molecule has 0 saturated heterocycles. The number of hydrogen-bond donors (Lipinski definition) is 0. The second-order valence-corrected chi connectivity index (χ2v) is 3.33. The third kappa shape index (κ3) is 1.10. The zero-order valence-corrected chi connectivity index (χ0v) is 7.58. The lowest BCUT2D eigenvalue weighted by molar-refractivity contribution is 0.460. The lowest BCUT2D eigenvalue weighted by Gasteiger charge is -2.19. The van der Waals surface area contributed by atoms with Crippen molar-refractivity contribution in [3.8, 4) is 11.5 Å². The minimum absolute atomic E-state index is 0.252. The molecule has 1 nitrogen and oxygen atoms in total. The molecule has 0 amide bonds. The molecule has 0 radical (unpaired) electrons. The molecule has 0 N–H and O–H groups in total. The Morgan fingerprint density at radius 2 is 1.79 bits per heavy atom. The van der Waals surface area contributed by atoms with Crippen LogP contribution in [-0.4, -0.2) is 0 Å². The van der Waals surface area contributed by atoms with Gasteiger partial charge in [-0.15, -0.1) is 0 Å². The second-order valence-electron chi connectivity index (χ2n) is 3.33. The maximum atomic E-state index is 7.85.